The Morgan fingerprint density at radius 1 is 1.50 bits per heavy atom. The maximum absolute atomic E-state index is 12.3. The van der Waals surface area contributed by atoms with Crippen molar-refractivity contribution in [2.45, 2.75) is 26.7 Å². The van der Waals surface area contributed by atoms with Gasteiger partial charge in [0.25, 0.3) is 11.5 Å². The van der Waals surface area contributed by atoms with Crippen LogP contribution in [0.5, 0.6) is 0 Å². The molecule has 2 rings (SSSR count). The minimum Gasteiger partial charge on any atom is -0.481 e. The highest BCUT2D eigenvalue weighted by Gasteiger charge is 2.20. The molecule has 0 bridgehead atoms. The van der Waals surface area contributed by atoms with Crippen LogP contribution in [0.3, 0.4) is 0 Å². The van der Waals surface area contributed by atoms with Crippen molar-refractivity contribution in [2.24, 2.45) is 5.92 Å². The molecule has 8 heteroatoms. The largest absolute Gasteiger partial charge is 0.481 e. The number of hydrogen-bond donors (Lipinski definition) is 2. The van der Waals surface area contributed by atoms with Crippen molar-refractivity contribution in [3.05, 3.63) is 33.2 Å². The first kappa shape index (κ1) is 16.2. The molecule has 0 saturated heterocycles. The molecule has 2 N–H and O–H groups in total. The Balaban J connectivity index is 2.19. The molecule has 0 spiro atoms. The third-order valence-corrected chi connectivity index (χ3v) is 4.31. The first-order chi connectivity index (χ1) is 10.5. The van der Waals surface area contributed by atoms with Crippen LogP contribution in [-0.4, -0.2) is 32.9 Å². The van der Waals surface area contributed by atoms with E-state index in [4.69, 9.17) is 5.11 Å². The SMILES string of the molecule is CCCC(CNC(=O)c1cnc2scc(C)n2c1=O)C(=O)O. The second-order valence-electron chi connectivity index (χ2n) is 5.01. The van der Waals surface area contributed by atoms with Gasteiger partial charge >= 0.3 is 5.97 Å². The standard InChI is InChI=1S/C14H17N3O4S/c1-3-4-9(13(20)21)5-15-11(18)10-6-16-14-17(12(10)19)8(2)7-22-14/h6-7,9H,3-5H2,1-2H3,(H,15,18)(H,20,21). The molecule has 0 aliphatic rings. The summed E-state index contributed by atoms with van der Waals surface area (Å²) in [5.74, 6) is -2.21. The molecule has 0 radical (unpaired) electrons. The zero-order valence-electron chi connectivity index (χ0n) is 12.3. The van der Waals surface area contributed by atoms with E-state index in [-0.39, 0.29) is 12.1 Å². The number of hydrogen-bond acceptors (Lipinski definition) is 5. The van der Waals surface area contributed by atoms with Gasteiger partial charge in [0.15, 0.2) is 4.96 Å². The topological polar surface area (TPSA) is 101 Å². The normalized spacial score (nSPS) is 12.3. The number of carboxylic acids is 1. The van der Waals surface area contributed by atoms with E-state index in [1.165, 1.54) is 21.9 Å². The number of amides is 1. The molecule has 2 heterocycles. The number of aryl methyl sites for hydroxylation is 1. The van der Waals surface area contributed by atoms with Crippen molar-refractivity contribution in [1.29, 1.82) is 0 Å². The van der Waals surface area contributed by atoms with Gasteiger partial charge in [-0.25, -0.2) is 4.98 Å². The van der Waals surface area contributed by atoms with Crippen LogP contribution < -0.4 is 10.9 Å². The number of nitrogens with one attached hydrogen (secondary N) is 1. The molecule has 0 saturated carbocycles. The van der Waals surface area contributed by atoms with Crippen molar-refractivity contribution >= 4 is 28.2 Å². The number of aliphatic carboxylic acids is 1. The van der Waals surface area contributed by atoms with E-state index in [0.717, 1.165) is 0 Å². The predicted octanol–water partition coefficient (Wildman–Crippen LogP) is 1.30. The zero-order chi connectivity index (χ0) is 16.3. The Bertz CT molecular complexity index is 765. The molecule has 0 aromatic carbocycles. The molecule has 2 aromatic heterocycles. The smallest absolute Gasteiger partial charge is 0.308 e. The summed E-state index contributed by atoms with van der Waals surface area (Å²) in [4.78, 5) is 40.1. The summed E-state index contributed by atoms with van der Waals surface area (Å²) < 4.78 is 1.38. The number of fused-ring (bicyclic) bond motifs is 1. The van der Waals surface area contributed by atoms with E-state index in [9.17, 15) is 14.4 Å². The lowest BCUT2D eigenvalue weighted by Gasteiger charge is -2.12. The Hall–Kier alpha value is -2.22. The van der Waals surface area contributed by atoms with Crippen molar-refractivity contribution in [3.8, 4) is 0 Å². The molecule has 2 aromatic rings. The number of thiazole rings is 1. The number of carbonyl (C=O) groups is 2. The van der Waals surface area contributed by atoms with Gasteiger partial charge in [-0.1, -0.05) is 13.3 Å². The van der Waals surface area contributed by atoms with Crippen LogP contribution in [0.1, 0.15) is 35.8 Å². The van der Waals surface area contributed by atoms with Crippen molar-refractivity contribution in [1.82, 2.24) is 14.7 Å². The van der Waals surface area contributed by atoms with Gasteiger partial charge in [-0.15, -0.1) is 11.3 Å². The monoisotopic (exact) mass is 323 g/mol. The molecule has 118 valence electrons. The van der Waals surface area contributed by atoms with Crippen LogP contribution in [0.4, 0.5) is 0 Å². The van der Waals surface area contributed by atoms with Crippen LogP contribution in [-0.2, 0) is 4.79 Å². The molecular weight excluding hydrogens is 306 g/mol. The molecule has 1 unspecified atom stereocenters. The minimum atomic E-state index is -0.957. The minimum absolute atomic E-state index is 0.00717. The molecule has 0 aliphatic heterocycles. The summed E-state index contributed by atoms with van der Waals surface area (Å²) in [5.41, 5.74) is 0.185. The zero-order valence-corrected chi connectivity index (χ0v) is 13.1. The third-order valence-electron chi connectivity index (χ3n) is 3.36. The van der Waals surface area contributed by atoms with Gasteiger partial charge in [0.1, 0.15) is 5.56 Å². The number of nitrogens with zero attached hydrogens (tertiary/aromatic N) is 2. The number of aromatic nitrogens is 2. The van der Waals surface area contributed by atoms with Gasteiger partial charge in [0, 0.05) is 23.8 Å². The van der Waals surface area contributed by atoms with Crippen LogP contribution in [0.15, 0.2) is 16.4 Å². The van der Waals surface area contributed by atoms with E-state index in [2.05, 4.69) is 10.3 Å². The predicted molar refractivity (Wildman–Crippen MR) is 82.4 cm³/mol. The summed E-state index contributed by atoms with van der Waals surface area (Å²) in [5, 5.41) is 13.4. The highest BCUT2D eigenvalue weighted by Crippen LogP contribution is 2.11. The molecule has 7 nitrogen and oxygen atoms in total. The fourth-order valence-corrected chi connectivity index (χ4v) is 2.98. The second-order valence-corrected chi connectivity index (χ2v) is 5.84. The average molecular weight is 323 g/mol. The first-order valence-corrected chi connectivity index (χ1v) is 7.80. The van der Waals surface area contributed by atoms with Crippen LogP contribution in [0.25, 0.3) is 4.96 Å². The molecule has 0 fully saturated rings. The van der Waals surface area contributed by atoms with Gasteiger partial charge < -0.3 is 10.4 Å². The Morgan fingerprint density at radius 2 is 2.23 bits per heavy atom. The highest BCUT2D eigenvalue weighted by molar-refractivity contribution is 7.15. The summed E-state index contributed by atoms with van der Waals surface area (Å²) in [6.07, 6.45) is 2.41. The van der Waals surface area contributed by atoms with Crippen molar-refractivity contribution < 1.29 is 14.7 Å². The molecule has 0 aliphatic carbocycles. The van der Waals surface area contributed by atoms with Gasteiger partial charge in [0.05, 0.1) is 5.92 Å². The van der Waals surface area contributed by atoms with Gasteiger partial charge in [0.2, 0.25) is 0 Å². The lowest BCUT2D eigenvalue weighted by molar-refractivity contribution is -0.141. The second kappa shape index (κ2) is 6.69. The van der Waals surface area contributed by atoms with E-state index in [1.807, 2.05) is 6.92 Å². The van der Waals surface area contributed by atoms with E-state index < -0.39 is 23.4 Å². The van der Waals surface area contributed by atoms with E-state index in [1.54, 1.807) is 12.3 Å². The summed E-state index contributed by atoms with van der Waals surface area (Å²) in [6.45, 7) is 3.63. The Kier molecular flexibility index (Phi) is 4.92. The van der Waals surface area contributed by atoms with Crippen molar-refractivity contribution in [3.63, 3.8) is 0 Å². The van der Waals surface area contributed by atoms with E-state index >= 15 is 0 Å². The maximum atomic E-state index is 12.3. The quantitative estimate of drug-likeness (QED) is 0.834. The molecule has 22 heavy (non-hydrogen) atoms. The fourth-order valence-electron chi connectivity index (χ4n) is 2.15. The lowest BCUT2D eigenvalue weighted by Crippen LogP contribution is -2.36. The molecule has 1 atom stereocenters. The summed E-state index contributed by atoms with van der Waals surface area (Å²) in [7, 11) is 0. The fraction of sp³-hybridized carbons (Fsp3) is 0.429. The molecule has 1 amide bonds. The highest BCUT2D eigenvalue weighted by atomic mass is 32.1. The van der Waals surface area contributed by atoms with Crippen LogP contribution in [0.2, 0.25) is 0 Å². The van der Waals surface area contributed by atoms with Gasteiger partial charge in [-0.2, -0.15) is 0 Å². The van der Waals surface area contributed by atoms with Gasteiger partial charge in [-0.05, 0) is 13.3 Å². The maximum Gasteiger partial charge on any atom is 0.308 e. The Labute approximate surface area is 130 Å². The summed E-state index contributed by atoms with van der Waals surface area (Å²) in [6, 6.07) is 0. The number of rotatable bonds is 6. The number of carboxylic acid groups (broad SMARTS) is 1. The third kappa shape index (κ3) is 3.16. The van der Waals surface area contributed by atoms with Crippen LogP contribution in [0, 0.1) is 12.8 Å². The van der Waals surface area contributed by atoms with Crippen molar-refractivity contribution in [2.75, 3.05) is 6.54 Å². The van der Waals surface area contributed by atoms with Crippen LogP contribution >= 0.6 is 11.3 Å². The average Bonchev–Trinajstić information content (AvgIpc) is 2.85. The van der Waals surface area contributed by atoms with E-state index in [0.29, 0.717) is 23.5 Å². The summed E-state index contributed by atoms with van der Waals surface area (Å²) >= 11 is 1.32. The lowest BCUT2D eigenvalue weighted by atomic mass is 10.0. The first-order valence-electron chi connectivity index (χ1n) is 6.92. The van der Waals surface area contributed by atoms with Gasteiger partial charge in [-0.3, -0.25) is 18.8 Å². The Morgan fingerprint density at radius 3 is 2.86 bits per heavy atom. The number of carbonyl (C=O) groups excluding carboxylic acids is 1. The molecular formula is C14H17N3O4S.